The second-order valence-electron chi connectivity index (χ2n) is 4.22. The van der Waals surface area contributed by atoms with E-state index in [2.05, 4.69) is 5.32 Å². The highest BCUT2D eigenvalue weighted by Gasteiger charge is 2.23. The third kappa shape index (κ3) is 5.22. The predicted octanol–water partition coefficient (Wildman–Crippen LogP) is 1.29. The van der Waals surface area contributed by atoms with Crippen LogP contribution in [0.5, 0.6) is 0 Å². The zero-order chi connectivity index (χ0) is 11.3. The Balaban J connectivity index is 2.40. The van der Waals surface area contributed by atoms with E-state index in [1.807, 2.05) is 18.8 Å². The molecule has 0 aliphatic carbocycles. The van der Waals surface area contributed by atoms with Crippen LogP contribution in [0.25, 0.3) is 0 Å². The van der Waals surface area contributed by atoms with Crippen molar-refractivity contribution in [3.63, 3.8) is 0 Å². The van der Waals surface area contributed by atoms with Crippen molar-refractivity contribution in [3.8, 4) is 0 Å². The highest BCUT2D eigenvalue weighted by Crippen LogP contribution is 2.28. The van der Waals surface area contributed by atoms with E-state index in [-0.39, 0.29) is 0 Å². The molecule has 15 heavy (non-hydrogen) atoms. The Kier molecular flexibility index (Phi) is 5.43. The van der Waals surface area contributed by atoms with Gasteiger partial charge < -0.3 is 5.32 Å². The molecule has 1 N–H and O–H groups in total. The van der Waals surface area contributed by atoms with Gasteiger partial charge in [-0.2, -0.15) is 11.8 Å². The maximum absolute atomic E-state index is 11.1. The van der Waals surface area contributed by atoms with Gasteiger partial charge in [-0.15, -0.1) is 0 Å². The van der Waals surface area contributed by atoms with Gasteiger partial charge in [-0.05, 0) is 32.1 Å². The van der Waals surface area contributed by atoms with E-state index in [0.29, 0.717) is 17.0 Å². The van der Waals surface area contributed by atoms with Crippen LogP contribution in [0.4, 0.5) is 0 Å². The fourth-order valence-electron chi connectivity index (χ4n) is 1.94. The first-order chi connectivity index (χ1) is 7.03. The molecule has 0 spiro atoms. The third-order valence-electron chi connectivity index (χ3n) is 2.83. The zero-order valence-corrected chi connectivity index (χ0v) is 11.2. The van der Waals surface area contributed by atoms with Gasteiger partial charge in [0, 0.05) is 17.5 Å². The maximum atomic E-state index is 11.1. The minimum atomic E-state index is -2.82. The Hall–Kier alpha value is 0.260. The molecule has 0 aromatic rings. The van der Waals surface area contributed by atoms with Gasteiger partial charge in [0.05, 0.1) is 5.75 Å². The lowest BCUT2D eigenvalue weighted by Crippen LogP contribution is -2.38. The monoisotopic (exact) mass is 251 g/mol. The molecule has 0 radical (unpaired) electrons. The number of hydrogen-bond acceptors (Lipinski definition) is 4. The van der Waals surface area contributed by atoms with Gasteiger partial charge in [0.2, 0.25) is 0 Å². The normalized spacial score (nSPS) is 25.1. The molecular formula is C10H21NO2S2. The number of thioether (sulfide) groups is 1. The van der Waals surface area contributed by atoms with Crippen LogP contribution in [0.3, 0.4) is 0 Å². The van der Waals surface area contributed by atoms with Gasteiger partial charge in [-0.3, -0.25) is 0 Å². The van der Waals surface area contributed by atoms with Crippen molar-refractivity contribution in [2.24, 2.45) is 0 Å². The molecule has 0 amide bonds. The predicted molar refractivity (Wildman–Crippen MR) is 67.3 cm³/mol. The first-order valence-electron chi connectivity index (χ1n) is 5.49. The van der Waals surface area contributed by atoms with Crippen LogP contribution in [-0.4, -0.2) is 44.5 Å². The number of rotatable bonds is 5. The standard InChI is InChI=1S/C10H21NO2S2/c1-11-9(6-8-15(2,12)13)10-5-3-4-7-14-10/h9-11H,3-8H2,1-2H3. The van der Waals surface area contributed by atoms with E-state index in [1.165, 1.54) is 31.3 Å². The number of sulfone groups is 1. The van der Waals surface area contributed by atoms with Gasteiger partial charge in [-0.1, -0.05) is 6.42 Å². The lowest BCUT2D eigenvalue weighted by Gasteiger charge is -2.29. The summed E-state index contributed by atoms with van der Waals surface area (Å²) in [6.45, 7) is 0. The Bertz CT molecular complexity index is 271. The van der Waals surface area contributed by atoms with Crippen molar-refractivity contribution >= 4 is 21.6 Å². The Morgan fingerprint density at radius 2 is 2.20 bits per heavy atom. The highest BCUT2D eigenvalue weighted by atomic mass is 32.2. The number of nitrogens with one attached hydrogen (secondary N) is 1. The molecule has 5 heteroatoms. The summed E-state index contributed by atoms with van der Waals surface area (Å²) in [7, 11) is -0.885. The molecule has 1 aliphatic rings. The van der Waals surface area contributed by atoms with E-state index >= 15 is 0 Å². The molecule has 1 saturated heterocycles. The molecular weight excluding hydrogens is 230 g/mol. The third-order valence-corrected chi connectivity index (χ3v) is 5.33. The van der Waals surface area contributed by atoms with Crippen LogP contribution < -0.4 is 5.32 Å². The van der Waals surface area contributed by atoms with Gasteiger partial charge in [0.25, 0.3) is 0 Å². The highest BCUT2D eigenvalue weighted by molar-refractivity contribution is 8.00. The van der Waals surface area contributed by atoms with E-state index < -0.39 is 9.84 Å². The van der Waals surface area contributed by atoms with Crippen LogP contribution in [0.15, 0.2) is 0 Å². The Morgan fingerprint density at radius 3 is 2.67 bits per heavy atom. The van der Waals surface area contributed by atoms with Crippen molar-refractivity contribution in [1.29, 1.82) is 0 Å². The van der Waals surface area contributed by atoms with Crippen LogP contribution in [0.1, 0.15) is 25.7 Å². The summed E-state index contributed by atoms with van der Waals surface area (Å²) in [4.78, 5) is 0. The Morgan fingerprint density at radius 1 is 1.47 bits per heavy atom. The van der Waals surface area contributed by atoms with Crippen molar-refractivity contribution in [2.45, 2.75) is 37.0 Å². The van der Waals surface area contributed by atoms with Crippen molar-refractivity contribution < 1.29 is 8.42 Å². The minimum Gasteiger partial charge on any atom is -0.316 e. The molecule has 1 fully saturated rings. The molecule has 0 bridgehead atoms. The van der Waals surface area contributed by atoms with Crippen LogP contribution in [0, 0.1) is 0 Å². The molecule has 1 aliphatic heterocycles. The van der Waals surface area contributed by atoms with Crippen LogP contribution >= 0.6 is 11.8 Å². The molecule has 2 atom stereocenters. The van der Waals surface area contributed by atoms with E-state index in [0.717, 1.165) is 6.42 Å². The second kappa shape index (κ2) is 6.11. The molecule has 90 valence electrons. The molecule has 0 saturated carbocycles. The molecule has 3 nitrogen and oxygen atoms in total. The summed E-state index contributed by atoms with van der Waals surface area (Å²) in [5, 5.41) is 3.86. The zero-order valence-electron chi connectivity index (χ0n) is 9.53. The topological polar surface area (TPSA) is 46.2 Å². The summed E-state index contributed by atoms with van der Waals surface area (Å²) in [6, 6.07) is 0.352. The molecule has 0 aromatic carbocycles. The fraction of sp³-hybridized carbons (Fsp3) is 1.00. The summed E-state index contributed by atoms with van der Waals surface area (Å²) >= 11 is 1.99. The lowest BCUT2D eigenvalue weighted by molar-refractivity contribution is 0.483. The smallest absolute Gasteiger partial charge is 0.147 e. The lowest BCUT2D eigenvalue weighted by atomic mass is 10.1. The van der Waals surface area contributed by atoms with E-state index in [1.54, 1.807) is 0 Å². The summed E-state index contributed by atoms with van der Waals surface area (Å²) < 4.78 is 22.2. The molecule has 1 heterocycles. The van der Waals surface area contributed by atoms with Gasteiger partial charge >= 0.3 is 0 Å². The van der Waals surface area contributed by atoms with Crippen LogP contribution in [-0.2, 0) is 9.84 Å². The van der Waals surface area contributed by atoms with Crippen LogP contribution in [0.2, 0.25) is 0 Å². The van der Waals surface area contributed by atoms with Crippen molar-refractivity contribution in [1.82, 2.24) is 5.32 Å². The fourth-order valence-corrected chi connectivity index (χ4v) is 4.13. The van der Waals surface area contributed by atoms with Gasteiger partial charge in [-0.25, -0.2) is 8.42 Å². The summed E-state index contributed by atoms with van der Waals surface area (Å²) in [5.74, 6) is 1.53. The van der Waals surface area contributed by atoms with E-state index in [4.69, 9.17) is 0 Å². The average Bonchev–Trinajstić information content (AvgIpc) is 2.19. The largest absolute Gasteiger partial charge is 0.316 e. The second-order valence-corrected chi connectivity index (χ2v) is 7.83. The summed E-state index contributed by atoms with van der Waals surface area (Å²) in [6.07, 6.45) is 5.87. The average molecular weight is 251 g/mol. The first-order valence-corrected chi connectivity index (χ1v) is 8.60. The number of hydrogen-bond donors (Lipinski definition) is 1. The minimum absolute atomic E-state index is 0.301. The molecule has 0 aromatic heterocycles. The molecule has 1 rings (SSSR count). The molecule has 2 unspecified atom stereocenters. The van der Waals surface area contributed by atoms with Gasteiger partial charge in [0.1, 0.15) is 9.84 Å². The Labute approximate surface area is 97.3 Å². The van der Waals surface area contributed by atoms with Gasteiger partial charge in [0.15, 0.2) is 0 Å². The maximum Gasteiger partial charge on any atom is 0.147 e. The SMILES string of the molecule is CNC(CCS(C)(=O)=O)C1CCCCS1. The van der Waals surface area contributed by atoms with E-state index in [9.17, 15) is 8.42 Å². The quantitative estimate of drug-likeness (QED) is 0.800. The first kappa shape index (κ1) is 13.3. The summed E-state index contributed by atoms with van der Waals surface area (Å²) in [5.41, 5.74) is 0. The van der Waals surface area contributed by atoms with Crippen molar-refractivity contribution in [2.75, 3.05) is 24.8 Å². The van der Waals surface area contributed by atoms with Crippen molar-refractivity contribution in [3.05, 3.63) is 0 Å².